The minimum absolute atomic E-state index is 0.577. The third-order valence-electron chi connectivity index (χ3n) is 9.80. The van der Waals surface area contributed by atoms with Gasteiger partial charge in [0.25, 0.3) is 0 Å². The fourth-order valence-corrected chi connectivity index (χ4v) is 7.03. The Morgan fingerprint density at radius 1 is 0.250 bits per heavy atom. The summed E-state index contributed by atoms with van der Waals surface area (Å²) in [6.07, 6.45) is 0. The van der Waals surface area contributed by atoms with E-state index in [0.29, 0.717) is 17.5 Å². The molecule has 0 unspecified atom stereocenters. The third-order valence-corrected chi connectivity index (χ3v) is 9.80. The topological polar surface area (TPSA) is 77.3 Å². The third kappa shape index (κ3) is 6.88. The molecule has 9 aromatic rings. The van der Waals surface area contributed by atoms with Crippen molar-refractivity contribution in [3.63, 3.8) is 0 Å². The van der Waals surface area contributed by atoms with Crippen molar-refractivity contribution in [2.75, 3.05) is 0 Å². The summed E-state index contributed by atoms with van der Waals surface area (Å²) in [7, 11) is 0. The summed E-state index contributed by atoms with van der Waals surface area (Å²) in [6.45, 7) is 4.05. The van der Waals surface area contributed by atoms with Gasteiger partial charge in [-0.25, -0.2) is 24.9 Å². The summed E-state index contributed by atoms with van der Waals surface area (Å²) in [4.78, 5) is 30.8. The van der Waals surface area contributed by atoms with Crippen LogP contribution in [0, 0.1) is 13.8 Å². The van der Waals surface area contributed by atoms with Gasteiger partial charge < -0.3 is 0 Å². The largest absolute Gasteiger partial charge is 0.258 e. The highest BCUT2D eigenvalue weighted by molar-refractivity contribution is 5.87. The minimum Gasteiger partial charge on any atom is -0.258 e. The summed E-state index contributed by atoms with van der Waals surface area (Å²) in [5.41, 5.74) is 13.9. The number of benzene rings is 6. The van der Waals surface area contributed by atoms with Gasteiger partial charge in [-0.3, -0.25) is 4.98 Å². The molecular weight excluding hydrogens is 685 g/mol. The van der Waals surface area contributed by atoms with E-state index in [1.54, 1.807) is 0 Å². The first-order valence-corrected chi connectivity index (χ1v) is 18.6. The molecular formula is C50H36N6. The van der Waals surface area contributed by atoms with Gasteiger partial charge in [-0.15, -0.1) is 0 Å². The van der Waals surface area contributed by atoms with Crippen LogP contribution in [0.2, 0.25) is 0 Å². The molecule has 0 N–H and O–H groups in total. The number of rotatable bonds is 8. The van der Waals surface area contributed by atoms with E-state index in [1.165, 1.54) is 0 Å². The summed E-state index contributed by atoms with van der Waals surface area (Å²) in [6, 6.07) is 61.6. The van der Waals surface area contributed by atoms with Gasteiger partial charge in [0.15, 0.2) is 17.5 Å². The zero-order valence-electron chi connectivity index (χ0n) is 31.0. The lowest BCUT2D eigenvalue weighted by molar-refractivity contribution is 1.07. The van der Waals surface area contributed by atoms with Crippen LogP contribution < -0.4 is 0 Å². The van der Waals surface area contributed by atoms with Gasteiger partial charge in [-0.05, 0) is 25.5 Å². The molecule has 0 aliphatic carbocycles. The van der Waals surface area contributed by atoms with Crippen molar-refractivity contribution < 1.29 is 0 Å². The molecule has 0 radical (unpaired) electrons. The quantitative estimate of drug-likeness (QED) is 0.155. The SMILES string of the molecule is Cc1ccc(-c2ccccc2-c2nc(-c3ccccc3)nc(-c3ccc(-c4nc(-c5ccccc5)c(-c5ccccc5)nc4-c4ccccc4)cc3)n2)c(C)n1. The standard InChI is InChI=1S/C50H36N6/c1-33-27-32-41(34(2)51-33)42-25-15-16-26-43(42)50-55-48(39-23-13-6-14-24-39)54-49(56-50)40-30-28-38(29-31-40)47-46(37-21-11-5-12-22-37)52-44(35-17-7-3-8-18-35)45(53-47)36-19-9-4-10-20-36/h3-32H,1-2H3. The van der Waals surface area contributed by atoms with E-state index >= 15 is 0 Å². The van der Waals surface area contributed by atoms with Crippen molar-refractivity contribution >= 4 is 0 Å². The average Bonchev–Trinajstić information content (AvgIpc) is 3.27. The first kappa shape index (κ1) is 34.3. The lowest BCUT2D eigenvalue weighted by Gasteiger charge is -2.16. The molecule has 9 rings (SSSR count). The number of hydrogen-bond donors (Lipinski definition) is 0. The second-order valence-corrected chi connectivity index (χ2v) is 13.6. The molecule has 6 heteroatoms. The maximum absolute atomic E-state index is 5.42. The van der Waals surface area contributed by atoms with Crippen molar-refractivity contribution in [1.29, 1.82) is 0 Å². The fraction of sp³-hybridized carbons (Fsp3) is 0.0400. The normalized spacial score (nSPS) is 11.0. The Hall–Kier alpha value is -7.44. The number of aromatic nitrogens is 6. The van der Waals surface area contributed by atoms with Crippen LogP contribution in [-0.2, 0) is 0 Å². The van der Waals surface area contributed by atoms with E-state index in [4.69, 9.17) is 29.9 Å². The van der Waals surface area contributed by atoms with Crippen molar-refractivity contribution in [2.24, 2.45) is 0 Å². The Labute approximate surface area is 326 Å². The molecule has 0 bridgehead atoms. The van der Waals surface area contributed by atoms with Crippen LogP contribution in [0.3, 0.4) is 0 Å². The molecule has 3 heterocycles. The molecule has 6 nitrogen and oxygen atoms in total. The number of nitrogens with zero attached hydrogens (tertiary/aromatic N) is 6. The van der Waals surface area contributed by atoms with Crippen LogP contribution in [0.1, 0.15) is 11.4 Å². The van der Waals surface area contributed by atoms with Crippen molar-refractivity contribution in [3.8, 4) is 90.3 Å². The molecule has 0 saturated heterocycles. The van der Waals surface area contributed by atoms with Crippen molar-refractivity contribution in [2.45, 2.75) is 13.8 Å². The summed E-state index contributed by atoms with van der Waals surface area (Å²) >= 11 is 0. The van der Waals surface area contributed by atoms with Crippen LogP contribution in [0.15, 0.2) is 182 Å². The molecule has 0 amide bonds. The minimum atomic E-state index is 0.577. The predicted molar refractivity (Wildman–Crippen MR) is 226 cm³/mol. The Balaban J connectivity index is 1.20. The van der Waals surface area contributed by atoms with Crippen LogP contribution >= 0.6 is 0 Å². The molecule has 0 spiro atoms. The molecule has 6 aromatic carbocycles. The lowest BCUT2D eigenvalue weighted by atomic mass is 9.97. The zero-order chi connectivity index (χ0) is 37.8. The number of aryl methyl sites for hydroxylation is 2. The fourth-order valence-electron chi connectivity index (χ4n) is 7.03. The average molecular weight is 721 g/mol. The Morgan fingerprint density at radius 2 is 0.607 bits per heavy atom. The number of hydrogen-bond acceptors (Lipinski definition) is 6. The maximum atomic E-state index is 5.42. The van der Waals surface area contributed by atoms with E-state index in [1.807, 2.05) is 117 Å². The first-order valence-electron chi connectivity index (χ1n) is 18.6. The first-order chi connectivity index (χ1) is 27.6. The highest BCUT2D eigenvalue weighted by Gasteiger charge is 2.21. The lowest BCUT2D eigenvalue weighted by Crippen LogP contribution is -2.02. The van der Waals surface area contributed by atoms with Crippen LogP contribution in [0.5, 0.6) is 0 Å². The van der Waals surface area contributed by atoms with Gasteiger partial charge in [0.1, 0.15) is 0 Å². The van der Waals surface area contributed by atoms with Gasteiger partial charge in [-0.1, -0.05) is 176 Å². The summed E-state index contributed by atoms with van der Waals surface area (Å²) in [5.74, 6) is 1.77. The number of pyridine rings is 1. The Morgan fingerprint density at radius 3 is 1.07 bits per heavy atom. The molecule has 0 saturated carbocycles. The van der Waals surface area contributed by atoms with E-state index in [-0.39, 0.29) is 0 Å². The van der Waals surface area contributed by atoms with E-state index in [9.17, 15) is 0 Å². The molecule has 0 fully saturated rings. The zero-order valence-corrected chi connectivity index (χ0v) is 31.0. The maximum Gasteiger partial charge on any atom is 0.164 e. The molecule has 0 aliphatic rings. The Kier molecular flexibility index (Phi) is 9.27. The van der Waals surface area contributed by atoms with Crippen LogP contribution in [0.25, 0.3) is 90.3 Å². The predicted octanol–water partition coefficient (Wildman–Crippen LogP) is 12.0. The monoisotopic (exact) mass is 720 g/mol. The van der Waals surface area contributed by atoms with Crippen molar-refractivity contribution in [3.05, 3.63) is 193 Å². The van der Waals surface area contributed by atoms with Crippen LogP contribution in [-0.4, -0.2) is 29.9 Å². The second kappa shape index (κ2) is 15.1. The molecule has 56 heavy (non-hydrogen) atoms. The Bertz CT molecular complexity index is 2790. The van der Waals surface area contributed by atoms with E-state index in [2.05, 4.69) is 78.9 Å². The highest BCUT2D eigenvalue weighted by atomic mass is 15.0. The molecule has 0 atom stereocenters. The van der Waals surface area contributed by atoms with Gasteiger partial charge in [0.2, 0.25) is 0 Å². The molecule has 3 aromatic heterocycles. The summed E-state index contributed by atoms with van der Waals surface area (Å²) < 4.78 is 0. The van der Waals surface area contributed by atoms with Crippen molar-refractivity contribution in [1.82, 2.24) is 29.9 Å². The molecule has 266 valence electrons. The van der Waals surface area contributed by atoms with Gasteiger partial charge >= 0.3 is 0 Å². The van der Waals surface area contributed by atoms with E-state index < -0.39 is 0 Å². The van der Waals surface area contributed by atoms with Gasteiger partial charge in [-0.2, -0.15) is 0 Å². The van der Waals surface area contributed by atoms with Crippen LogP contribution in [0.4, 0.5) is 0 Å². The second-order valence-electron chi connectivity index (χ2n) is 13.6. The summed E-state index contributed by atoms with van der Waals surface area (Å²) in [5, 5.41) is 0. The van der Waals surface area contributed by atoms with Gasteiger partial charge in [0.05, 0.1) is 22.8 Å². The van der Waals surface area contributed by atoms with E-state index in [0.717, 1.165) is 84.2 Å². The highest BCUT2D eigenvalue weighted by Crippen LogP contribution is 2.38. The van der Waals surface area contributed by atoms with Gasteiger partial charge in [0, 0.05) is 55.9 Å². The molecule has 0 aliphatic heterocycles. The smallest absolute Gasteiger partial charge is 0.164 e.